The molecule has 0 aliphatic carbocycles. The fourth-order valence-electron chi connectivity index (χ4n) is 5.15. The first-order valence-corrected chi connectivity index (χ1v) is 16.9. The Morgan fingerprint density at radius 3 is 2.04 bits per heavy atom. The molecule has 4 aromatic rings. The van der Waals surface area contributed by atoms with Crippen molar-refractivity contribution >= 4 is 39.1 Å². The fraction of sp³-hybridized carbons (Fsp3) is 0.278. The highest BCUT2D eigenvalue weighted by Crippen LogP contribution is 2.29. The van der Waals surface area contributed by atoms with Crippen LogP contribution >= 0.6 is 11.6 Å². The van der Waals surface area contributed by atoms with Gasteiger partial charge >= 0.3 is 0 Å². The molecule has 236 valence electrons. The Morgan fingerprint density at radius 1 is 0.822 bits per heavy atom. The van der Waals surface area contributed by atoms with Crippen molar-refractivity contribution in [2.45, 2.75) is 64.1 Å². The molecular weight excluding hydrogens is 606 g/mol. The molecule has 0 unspecified atom stereocenters. The summed E-state index contributed by atoms with van der Waals surface area (Å²) >= 11 is 6.56. The Bertz CT molecular complexity index is 1710. The molecule has 0 saturated heterocycles. The highest BCUT2D eigenvalue weighted by Gasteiger charge is 2.35. The second-order valence-electron chi connectivity index (χ2n) is 11.3. The third kappa shape index (κ3) is 8.53. The number of hydrogen-bond acceptors (Lipinski definition) is 4. The Labute approximate surface area is 271 Å². The second-order valence-corrected chi connectivity index (χ2v) is 13.6. The summed E-state index contributed by atoms with van der Waals surface area (Å²) in [5, 5.41) is 3.41. The van der Waals surface area contributed by atoms with Crippen LogP contribution in [0, 0.1) is 6.92 Å². The molecule has 0 fully saturated rings. The van der Waals surface area contributed by atoms with E-state index >= 15 is 0 Å². The number of anilines is 1. The van der Waals surface area contributed by atoms with Gasteiger partial charge in [0.1, 0.15) is 12.6 Å². The minimum absolute atomic E-state index is 0.00929. The van der Waals surface area contributed by atoms with E-state index in [2.05, 4.69) is 5.32 Å². The normalized spacial score (nSPS) is 12.0. The minimum Gasteiger partial charge on any atom is -0.352 e. The number of sulfonamides is 1. The summed E-state index contributed by atoms with van der Waals surface area (Å²) in [6.45, 7) is 7.02. The number of halogens is 1. The Kier molecular flexibility index (Phi) is 11.4. The first-order valence-electron chi connectivity index (χ1n) is 15.1. The number of nitrogens with one attached hydrogen (secondary N) is 1. The molecule has 0 aromatic heterocycles. The minimum atomic E-state index is -4.18. The lowest BCUT2D eigenvalue weighted by atomic mass is 10.0. The average Bonchev–Trinajstić information content (AvgIpc) is 3.02. The van der Waals surface area contributed by atoms with Gasteiger partial charge in [0.25, 0.3) is 10.0 Å². The lowest BCUT2D eigenvalue weighted by molar-refractivity contribution is -0.140. The van der Waals surface area contributed by atoms with Crippen molar-refractivity contribution in [3.63, 3.8) is 0 Å². The van der Waals surface area contributed by atoms with Gasteiger partial charge in [0.05, 0.1) is 10.6 Å². The second kappa shape index (κ2) is 15.2. The molecule has 0 spiro atoms. The van der Waals surface area contributed by atoms with Crippen LogP contribution < -0.4 is 9.62 Å². The zero-order valence-corrected chi connectivity index (χ0v) is 27.7. The van der Waals surface area contributed by atoms with E-state index in [0.717, 1.165) is 16.7 Å². The molecule has 0 heterocycles. The summed E-state index contributed by atoms with van der Waals surface area (Å²) < 4.78 is 29.7. The van der Waals surface area contributed by atoms with Crippen LogP contribution in [0.2, 0.25) is 5.02 Å². The van der Waals surface area contributed by atoms with Crippen LogP contribution in [-0.2, 0) is 39.0 Å². The van der Waals surface area contributed by atoms with Crippen molar-refractivity contribution in [3.05, 3.63) is 130 Å². The number of carbonyl (C=O) groups is 2. The summed E-state index contributed by atoms with van der Waals surface area (Å²) in [6.07, 6.45) is 0.785. The largest absolute Gasteiger partial charge is 0.352 e. The predicted octanol–water partition coefficient (Wildman–Crippen LogP) is 6.57. The van der Waals surface area contributed by atoms with Crippen LogP contribution in [0.3, 0.4) is 0 Å². The number of nitrogens with zero attached hydrogens (tertiary/aromatic N) is 2. The van der Waals surface area contributed by atoms with E-state index in [-0.39, 0.29) is 29.8 Å². The van der Waals surface area contributed by atoms with Gasteiger partial charge in [-0.2, -0.15) is 0 Å². The lowest BCUT2D eigenvalue weighted by Gasteiger charge is -2.34. The summed E-state index contributed by atoms with van der Waals surface area (Å²) in [4.78, 5) is 29.9. The molecule has 0 radical (unpaired) electrons. The van der Waals surface area contributed by atoms with E-state index in [1.165, 1.54) is 9.21 Å². The van der Waals surface area contributed by atoms with E-state index in [9.17, 15) is 18.0 Å². The van der Waals surface area contributed by atoms with E-state index in [1.54, 1.807) is 54.6 Å². The van der Waals surface area contributed by atoms with Crippen molar-refractivity contribution in [3.8, 4) is 0 Å². The number of aryl methyl sites for hydroxylation is 2. The number of carbonyl (C=O) groups excluding carboxylic acids is 2. The van der Waals surface area contributed by atoms with E-state index in [1.807, 2.05) is 76.2 Å². The molecule has 9 heteroatoms. The SMILES string of the molecule is CCc1ccccc1N(CC(=O)N(Cc1ccccc1Cl)[C@H](Cc1ccccc1)C(=O)NC(C)C)S(=O)(=O)c1ccc(C)cc1. The maximum atomic E-state index is 14.6. The molecule has 0 aliphatic rings. The van der Waals surface area contributed by atoms with Gasteiger partial charge < -0.3 is 10.2 Å². The highest BCUT2D eigenvalue weighted by molar-refractivity contribution is 7.92. The zero-order chi connectivity index (χ0) is 32.6. The van der Waals surface area contributed by atoms with Crippen LogP contribution in [0.5, 0.6) is 0 Å². The summed E-state index contributed by atoms with van der Waals surface area (Å²) in [7, 11) is -4.18. The summed E-state index contributed by atoms with van der Waals surface area (Å²) in [5.74, 6) is -0.868. The van der Waals surface area contributed by atoms with Crippen molar-refractivity contribution in [1.29, 1.82) is 0 Å². The molecule has 4 aromatic carbocycles. The number of benzene rings is 4. The molecule has 1 N–H and O–H groups in total. The molecule has 1 atom stereocenters. The van der Waals surface area contributed by atoms with Crippen LogP contribution in [0.15, 0.2) is 108 Å². The lowest BCUT2D eigenvalue weighted by Crippen LogP contribution is -2.54. The monoisotopic (exact) mass is 645 g/mol. The quantitative estimate of drug-likeness (QED) is 0.178. The number of rotatable bonds is 13. The third-order valence-corrected chi connectivity index (χ3v) is 9.67. The van der Waals surface area contributed by atoms with Gasteiger partial charge in [-0.15, -0.1) is 0 Å². The van der Waals surface area contributed by atoms with Gasteiger partial charge in [0.2, 0.25) is 11.8 Å². The van der Waals surface area contributed by atoms with Crippen LogP contribution in [0.4, 0.5) is 5.69 Å². The molecule has 0 aliphatic heterocycles. The molecule has 2 amide bonds. The predicted molar refractivity (Wildman–Crippen MR) is 181 cm³/mol. The maximum absolute atomic E-state index is 14.6. The summed E-state index contributed by atoms with van der Waals surface area (Å²) in [5.41, 5.74) is 3.61. The van der Waals surface area contributed by atoms with Gasteiger partial charge in [0.15, 0.2) is 0 Å². The Morgan fingerprint density at radius 2 is 1.42 bits per heavy atom. The molecule has 0 saturated carbocycles. The van der Waals surface area contributed by atoms with E-state index in [4.69, 9.17) is 11.6 Å². The number of amides is 2. The van der Waals surface area contributed by atoms with Gasteiger partial charge in [-0.3, -0.25) is 13.9 Å². The van der Waals surface area contributed by atoms with E-state index in [0.29, 0.717) is 22.7 Å². The van der Waals surface area contributed by atoms with E-state index < -0.39 is 28.5 Å². The maximum Gasteiger partial charge on any atom is 0.264 e. The third-order valence-electron chi connectivity index (χ3n) is 7.53. The van der Waals surface area contributed by atoms with Gasteiger partial charge in [0, 0.05) is 24.0 Å². The number of para-hydroxylation sites is 1. The van der Waals surface area contributed by atoms with Crippen molar-refractivity contribution in [2.75, 3.05) is 10.8 Å². The zero-order valence-electron chi connectivity index (χ0n) is 26.1. The molecule has 45 heavy (non-hydrogen) atoms. The Hall–Kier alpha value is -4.14. The molecule has 0 bridgehead atoms. The van der Waals surface area contributed by atoms with Crippen molar-refractivity contribution in [1.82, 2.24) is 10.2 Å². The topological polar surface area (TPSA) is 86.8 Å². The van der Waals surface area contributed by atoms with Gasteiger partial charge in [-0.1, -0.05) is 103 Å². The molecule has 7 nitrogen and oxygen atoms in total. The Balaban J connectivity index is 1.84. The highest BCUT2D eigenvalue weighted by atomic mass is 35.5. The summed E-state index contributed by atoms with van der Waals surface area (Å²) in [6, 6.07) is 29.2. The van der Waals surface area contributed by atoms with Gasteiger partial charge in [-0.25, -0.2) is 8.42 Å². The van der Waals surface area contributed by atoms with Crippen LogP contribution in [0.25, 0.3) is 0 Å². The fourth-order valence-corrected chi connectivity index (χ4v) is 6.80. The average molecular weight is 646 g/mol. The van der Waals surface area contributed by atoms with Crippen molar-refractivity contribution < 1.29 is 18.0 Å². The van der Waals surface area contributed by atoms with Crippen LogP contribution in [-0.4, -0.2) is 43.8 Å². The van der Waals surface area contributed by atoms with Gasteiger partial charge in [-0.05, 0) is 68.1 Å². The van der Waals surface area contributed by atoms with Crippen LogP contribution in [0.1, 0.15) is 43.0 Å². The van der Waals surface area contributed by atoms with Crippen molar-refractivity contribution in [2.24, 2.45) is 0 Å². The molecule has 4 rings (SSSR count). The first-order chi connectivity index (χ1) is 21.5. The standard InChI is InChI=1S/C36H40ClN3O4S/c1-5-29-15-10-12-18-33(29)40(45(43,44)31-21-19-27(4)20-22-31)25-35(41)39(24-30-16-9-11-17-32(30)37)34(36(42)38-26(2)3)23-28-13-7-6-8-14-28/h6-22,26,34H,5,23-25H2,1-4H3,(H,38,42)/t34-/m1/s1. The molecular formula is C36H40ClN3O4S. The smallest absolute Gasteiger partial charge is 0.264 e. The first kappa shape index (κ1) is 33.7. The number of hydrogen-bond donors (Lipinski definition) is 1.